The number of hydrogen-bond donors (Lipinski definition) is 2. The van der Waals surface area contributed by atoms with Crippen LogP contribution in [0.25, 0.3) is 21.8 Å². The van der Waals surface area contributed by atoms with E-state index in [-0.39, 0.29) is 0 Å². The molecule has 3 heteroatoms. The molecule has 0 aliphatic carbocycles. The van der Waals surface area contributed by atoms with Crippen LogP contribution in [0, 0.1) is 13.8 Å². The lowest BCUT2D eigenvalue weighted by atomic mass is 10.0. The molecule has 0 saturated carbocycles. The molecule has 0 fully saturated rings. The second-order valence-corrected chi connectivity index (χ2v) is 4.69. The lowest BCUT2D eigenvalue weighted by Crippen LogP contribution is -1.95. The summed E-state index contributed by atoms with van der Waals surface area (Å²) in [7, 11) is 0. The molecule has 1 heterocycles. The average Bonchev–Trinajstić information content (AvgIpc) is 2.37. The topological polar surface area (TPSA) is 64.9 Å². The third-order valence-corrected chi connectivity index (χ3v) is 3.54. The lowest BCUT2D eigenvalue weighted by molar-refractivity contribution is 1.39. The van der Waals surface area contributed by atoms with Crippen LogP contribution in [0.15, 0.2) is 30.3 Å². The fraction of sp³-hybridized carbons (Fsp3) is 0.133. The van der Waals surface area contributed by atoms with Crippen molar-refractivity contribution in [1.82, 2.24) is 4.98 Å². The van der Waals surface area contributed by atoms with Crippen molar-refractivity contribution in [3.8, 4) is 0 Å². The van der Waals surface area contributed by atoms with Gasteiger partial charge in [-0.05, 0) is 43.2 Å². The van der Waals surface area contributed by atoms with E-state index in [0.717, 1.165) is 44.3 Å². The van der Waals surface area contributed by atoms with Gasteiger partial charge >= 0.3 is 0 Å². The van der Waals surface area contributed by atoms with Gasteiger partial charge in [0.2, 0.25) is 0 Å². The Kier molecular flexibility index (Phi) is 2.17. The summed E-state index contributed by atoms with van der Waals surface area (Å²) < 4.78 is 0. The van der Waals surface area contributed by atoms with Crippen molar-refractivity contribution in [1.29, 1.82) is 0 Å². The second kappa shape index (κ2) is 3.60. The minimum absolute atomic E-state index is 0.774. The van der Waals surface area contributed by atoms with Gasteiger partial charge in [0.15, 0.2) is 0 Å². The zero-order valence-corrected chi connectivity index (χ0v) is 10.5. The number of nitrogens with two attached hydrogens (primary N) is 2. The van der Waals surface area contributed by atoms with E-state index in [1.807, 2.05) is 38.1 Å². The van der Waals surface area contributed by atoms with Crippen molar-refractivity contribution in [2.24, 2.45) is 0 Å². The van der Waals surface area contributed by atoms with Gasteiger partial charge < -0.3 is 11.5 Å². The summed E-state index contributed by atoms with van der Waals surface area (Å²) in [4.78, 5) is 4.74. The van der Waals surface area contributed by atoms with Crippen molar-refractivity contribution >= 4 is 33.2 Å². The van der Waals surface area contributed by atoms with E-state index >= 15 is 0 Å². The molecule has 90 valence electrons. The molecule has 0 spiro atoms. The predicted molar refractivity (Wildman–Crippen MR) is 77.5 cm³/mol. The molecule has 0 saturated heterocycles. The Bertz CT molecular complexity index is 713. The van der Waals surface area contributed by atoms with Gasteiger partial charge in [0.05, 0.1) is 11.0 Å². The van der Waals surface area contributed by atoms with Crippen LogP contribution in [0.2, 0.25) is 0 Å². The fourth-order valence-electron chi connectivity index (χ4n) is 2.28. The smallest absolute Gasteiger partial charge is 0.0759 e. The standard InChI is InChI=1S/C15H15N3/c1-8-12(16)5-3-10-7-11-4-6-13(17)9(2)15(11)18-14(8)10/h3-7H,16-17H2,1-2H3. The monoisotopic (exact) mass is 237 g/mol. The molecular formula is C15H15N3. The Morgan fingerprint density at radius 3 is 1.67 bits per heavy atom. The number of aromatic nitrogens is 1. The van der Waals surface area contributed by atoms with Crippen molar-refractivity contribution in [2.75, 3.05) is 11.5 Å². The Hall–Kier alpha value is -2.29. The molecule has 0 amide bonds. The van der Waals surface area contributed by atoms with E-state index in [1.165, 1.54) is 0 Å². The quantitative estimate of drug-likeness (QED) is 0.466. The number of rotatable bonds is 0. The number of pyridine rings is 1. The second-order valence-electron chi connectivity index (χ2n) is 4.69. The van der Waals surface area contributed by atoms with Gasteiger partial charge in [-0.3, -0.25) is 0 Å². The van der Waals surface area contributed by atoms with E-state index in [0.29, 0.717) is 0 Å². The molecular weight excluding hydrogens is 222 g/mol. The molecule has 0 aliphatic rings. The van der Waals surface area contributed by atoms with E-state index in [2.05, 4.69) is 6.07 Å². The molecule has 3 rings (SSSR count). The Labute approximate surface area is 105 Å². The Balaban J connectivity index is 2.52. The predicted octanol–water partition coefficient (Wildman–Crippen LogP) is 3.17. The van der Waals surface area contributed by atoms with Gasteiger partial charge in [-0.1, -0.05) is 12.1 Å². The highest BCUT2D eigenvalue weighted by Crippen LogP contribution is 2.28. The van der Waals surface area contributed by atoms with Gasteiger partial charge in [0, 0.05) is 22.1 Å². The van der Waals surface area contributed by atoms with Crippen molar-refractivity contribution in [3.63, 3.8) is 0 Å². The number of anilines is 2. The number of hydrogen-bond acceptors (Lipinski definition) is 3. The summed E-state index contributed by atoms with van der Waals surface area (Å²) in [6, 6.07) is 10.0. The molecule has 0 atom stereocenters. The van der Waals surface area contributed by atoms with Crippen molar-refractivity contribution < 1.29 is 0 Å². The maximum Gasteiger partial charge on any atom is 0.0759 e. The molecule has 0 radical (unpaired) electrons. The summed E-state index contributed by atoms with van der Waals surface area (Å²) in [6.07, 6.45) is 0. The van der Waals surface area contributed by atoms with E-state index in [4.69, 9.17) is 16.5 Å². The lowest BCUT2D eigenvalue weighted by Gasteiger charge is -2.09. The minimum atomic E-state index is 0.774. The maximum absolute atomic E-state index is 5.93. The number of fused-ring (bicyclic) bond motifs is 2. The SMILES string of the molecule is Cc1c(N)ccc2cc3ccc(N)c(C)c3nc12. The van der Waals surface area contributed by atoms with Gasteiger partial charge in [0.1, 0.15) is 0 Å². The molecule has 0 aliphatic heterocycles. The number of nitrogen functional groups attached to an aromatic ring is 2. The molecule has 2 aromatic carbocycles. The molecule has 18 heavy (non-hydrogen) atoms. The normalized spacial score (nSPS) is 11.2. The van der Waals surface area contributed by atoms with Crippen LogP contribution < -0.4 is 11.5 Å². The first kappa shape index (κ1) is 10.8. The van der Waals surface area contributed by atoms with Crippen LogP contribution in [-0.2, 0) is 0 Å². The Morgan fingerprint density at radius 1 is 0.778 bits per heavy atom. The summed E-state index contributed by atoms with van der Waals surface area (Å²) in [6.45, 7) is 4.00. The van der Waals surface area contributed by atoms with Gasteiger partial charge in [-0.2, -0.15) is 0 Å². The van der Waals surface area contributed by atoms with E-state index in [9.17, 15) is 0 Å². The summed E-state index contributed by atoms with van der Waals surface area (Å²) in [5.41, 5.74) is 17.4. The number of benzene rings is 2. The molecule has 4 N–H and O–H groups in total. The highest BCUT2D eigenvalue weighted by atomic mass is 14.7. The number of aryl methyl sites for hydroxylation is 2. The first-order valence-electron chi connectivity index (χ1n) is 5.92. The largest absolute Gasteiger partial charge is 0.398 e. The van der Waals surface area contributed by atoms with Crippen molar-refractivity contribution in [2.45, 2.75) is 13.8 Å². The van der Waals surface area contributed by atoms with Crippen molar-refractivity contribution in [3.05, 3.63) is 41.5 Å². The molecule has 3 nitrogen and oxygen atoms in total. The summed E-state index contributed by atoms with van der Waals surface area (Å²) in [5.74, 6) is 0. The molecule has 3 aromatic rings. The zero-order chi connectivity index (χ0) is 12.9. The third kappa shape index (κ3) is 1.40. The minimum Gasteiger partial charge on any atom is -0.398 e. The first-order valence-corrected chi connectivity index (χ1v) is 5.92. The fourth-order valence-corrected chi connectivity index (χ4v) is 2.28. The number of nitrogens with zero attached hydrogens (tertiary/aromatic N) is 1. The van der Waals surface area contributed by atoms with Crippen LogP contribution in [0.5, 0.6) is 0 Å². The average molecular weight is 237 g/mol. The molecule has 1 aromatic heterocycles. The highest BCUT2D eigenvalue weighted by Gasteiger charge is 2.07. The Morgan fingerprint density at radius 2 is 1.22 bits per heavy atom. The van der Waals surface area contributed by atoms with Gasteiger partial charge in [0.25, 0.3) is 0 Å². The van der Waals surface area contributed by atoms with E-state index in [1.54, 1.807) is 0 Å². The third-order valence-electron chi connectivity index (χ3n) is 3.54. The van der Waals surface area contributed by atoms with Crippen LogP contribution in [0.3, 0.4) is 0 Å². The van der Waals surface area contributed by atoms with Crippen LogP contribution in [0.4, 0.5) is 11.4 Å². The van der Waals surface area contributed by atoms with Crippen LogP contribution in [-0.4, -0.2) is 4.98 Å². The van der Waals surface area contributed by atoms with Gasteiger partial charge in [-0.25, -0.2) is 4.98 Å². The summed E-state index contributed by atoms with van der Waals surface area (Å²) >= 11 is 0. The first-order chi connectivity index (χ1) is 8.58. The highest BCUT2D eigenvalue weighted by molar-refractivity contribution is 5.98. The molecule has 0 unspecified atom stereocenters. The summed E-state index contributed by atoms with van der Waals surface area (Å²) in [5, 5.41) is 2.22. The van der Waals surface area contributed by atoms with Crippen LogP contribution >= 0.6 is 0 Å². The maximum atomic E-state index is 5.93. The van der Waals surface area contributed by atoms with Crippen LogP contribution in [0.1, 0.15) is 11.1 Å². The molecule has 0 bridgehead atoms. The van der Waals surface area contributed by atoms with E-state index < -0.39 is 0 Å². The zero-order valence-electron chi connectivity index (χ0n) is 10.5. The van der Waals surface area contributed by atoms with Gasteiger partial charge in [-0.15, -0.1) is 0 Å².